The van der Waals surface area contributed by atoms with Gasteiger partial charge in [0.2, 0.25) is 0 Å². The van der Waals surface area contributed by atoms with Crippen LogP contribution in [-0.2, 0) is 11.3 Å². The number of benzene rings is 2. The highest BCUT2D eigenvalue weighted by Gasteiger charge is 2.33. The Hall–Kier alpha value is -4.42. The number of likely N-dealkylation sites (tertiary alicyclic amines) is 1. The number of hydrogen-bond donors (Lipinski definition) is 1. The summed E-state index contributed by atoms with van der Waals surface area (Å²) in [5, 5.41) is 15.5. The predicted octanol–water partition coefficient (Wildman–Crippen LogP) is 5.37. The number of carbonyl (C=O) groups excluding carboxylic acids is 1. The summed E-state index contributed by atoms with van der Waals surface area (Å²) in [7, 11) is 0. The number of fused-ring (bicyclic) bond motifs is 1. The maximum Gasteiger partial charge on any atom is 0.264 e. The molecule has 0 radical (unpaired) electrons. The van der Waals surface area contributed by atoms with Crippen LogP contribution >= 0.6 is 11.6 Å². The number of ether oxygens (including phenoxy) is 1. The van der Waals surface area contributed by atoms with E-state index < -0.39 is 0 Å². The fourth-order valence-corrected chi connectivity index (χ4v) is 5.28. The molecule has 39 heavy (non-hydrogen) atoms. The van der Waals surface area contributed by atoms with Crippen LogP contribution in [0.25, 0.3) is 22.3 Å². The smallest absolute Gasteiger partial charge is 0.264 e. The average molecular weight is 540 g/mol. The van der Waals surface area contributed by atoms with E-state index in [-0.39, 0.29) is 17.5 Å². The van der Waals surface area contributed by atoms with E-state index >= 15 is 0 Å². The third-order valence-electron chi connectivity index (χ3n) is 7.13. The molecule has 1 amide bonds. The molecule has 3 heterocycles. The van der Waals surface area contributed by atoms with E-state index in [0.29, 0.717) is 63.6 Å². The van der Waals surface area contributed by atoms with E-state index in [9.17, 15) is 10.1 Å². The molecule has 2 aliphatic rings. The number of nitrogens with zero attached hydrogens (tertiary/aromatic N) is 6. The molecule has 2 aromatic carbocycles. The number of rotatable bonds is 7. The van der Waals surface area contributed by atoms with Crippen LogP contribution in [0.1, 0.15) is 25.7 Å². The average Bonchev–Trinajstić information content (AvgIpc) is 3.52. The SMILES string of the molecule is N#CC(=CC1CC1)C(=O)N1CCC[C@H]1Cn1nc(-c2ccc(Oc3ccccc3)cc2Cl)c2c(N)ncnc21. The van der Waals surface area contributed by atoms with Crippen LogP contribution in [0, 0.1) is 17.2 Å². The molecule has 9 nitrogen and oxygen atoms in total. The molecule has 0 unspecified atom stereocenters. The highest BCUT2D eigenvalue weighted by atomic mass is 35.5. The van der Waals surface area contributed by atoms with E-state index in [1.807, 2.05) is 48.5 Å². The molecule has 1 saturated carbocycles. The first-order valence-corrected chi connectivity index (χ1v) is 13.3. The molecule has 2 N–H and O–H groups in total. The molecule has 6 rings (SSSR count). The van der Waals surface area contributed by atoms with Crippen LogP contribution in [0.2, 0.25) is 5.02 Å². The molecule has 4 aromatic rings. The van der Waals surface area contributed by atoms with Crippen molar-refractivity contribution < 1.29 is 9.53 Å². The van der Waals surface area contributed by atoms with E-state index in [0.717, 1.165) is 25.7 Å². The van der Waals surface area contributed by atoms with Gasteiger partial charge in [-0.25, -0.2) is 14.6 Å². The van der Waals surface area contributed by atoms with Gasteiger partial charge < -0.3 is 15.4 Å². The summed E-state index contributed by atoms with van der Waals surface area (Å²) in [6, 6.07) is 16.8. The Bertz CT molecular complexity index is 1620. The van der Waals surface area contributed by atoms with Crippen molar-refractivity contribution in [3.8, 4) is 28.8 Å². The van der Waals surface area contributed by atoms with Crippen LogP contribution < -0.4 is 10.5 Å². The van der Waals surface area contributed by atoms with Crippen LogP contribution in [0.5, 0.6) is 11.5 Å². The van der Waals surface area contributed by atoms with Gasteiger partial charge in [-0.3, -0.25) is 4.79 Å². The molecular weight excluding hydrogens is 514 g/mol. The zero-order valence-corrected chi connectivity index (χ0v) is 21.9. The number of aromatic nitrogens is 4. The first-order valence-electron chi connectivity index (χ1n) is 12.9. The largest absolute Gasteiger partial charge is 0.457 e. The monoisotopic (exact) mass is 539 g/mol. The Labute approximate surface area is 230 Å². The molecule has 196 valence electrons. The van der Waals surface area contributed by atoms with Gasteiger partial charge in [-0.05, 0) is 55.9 Å². The van der Waals surface area contributed by atoms with Crippen molar-refractivity contribution >= 4 is 34.4 Å². The summed E-state index contributed by atoms with van der Waals surface area (Å²) in [6.45, 7) is 1.01. The topological polar surface area (TPSA) is 123 Å². The van der Waals surface area contributed by atoms with Gasteiger partial charge >= 0.3 is 0 Å². The maximum atomic E-state index is 13.2. The Morgan fingerprint density at radius 1 is 1.15 bits per heavy atom. The van der Waals surface area contributed by atoms with Crippen molar-refractivity contribution in [3.05, 3.63) is 71.5 Å². The van der Waals surface area contributed by atoms with Crippen molar-refractivity contribution in [3.63, 3.8) is 0 Å². The minimum Gasteiger partial charge on any atom is -0.457 e. The lowest BCUT2D eigenvalue weighted by atomic mass is 10.1. The zero-order chi connectivity index (χ0) is 26.9. The summed E-state index contributed by atoms with van der Waals surface area (Å²) < 4.78 is 7.69. The molecular formula is C29H26ClN7O2. The molecule has 1 saturated heterocycles. The molecule has 1 aliphatic heterocycles. The summed E-state index contributed by atoms with van der Waals surface area (Å²) in [6.07, 6.45) is 6.95. The summed E-state index contributed by atoms with van der Waals surface area (Å²) in [5.41, 5.74) is 8.32. The Morgan fingerprint density at radius 3 is 2.72 bits per heavy atom. The van der Waals surface area contributed by atoms with Gasteiger partial charge in [0.15, 0.2) is 5.65 Å². The fraction of sp³-hybridized carbons (Fsp3) is 0.276. The van der Waals surface area contributed by atoms with Gasteiger partial charge in [-0.15, -0.1) is 0 Å². The lowest BCUT2D eigenvalue weighted by molar-refractivity contribution is -0.127. The molecule has 0 spiro atoms. The van der Waals surface area contributed by atoms with Crippen molar-refractivity contribution in [1.29, 1.82) is 5.26 Å². The first kappa shape index (κ1) is 24.9. The fourth-order valence-electron chi connectivity index (χ4n) is 5.02. The number of carbonyl (C=O) groups is 1. The molecule has 2 aromatic heterocycles. The van der Waals surface area contributed by atoms with E-state index in [2.05, 4.69) is 16.0 Å². The number of nitriles is 1. The molecule has 0 bridgehead atoms. The van der Waals surface area contributed by atoms with Gasteiger partial charge in [0.25, 0.3) is 5.91 Å². The van der Waals surface area contributed by atoms with Crippen LogP contribution in [0.3, 0.4) is 0 Å². The lowest BCUT2D eigenvalue weighted by Gasteiger charge is -2.24. The Balaban J connectivity index is 1.32. The predicted molar refractivity (Wildman–Crippen MR) is 148 cm³/mol. The number of anilines is 1. The van der Waals surface area contributed by atoms with Crippen LogP contribution in [0.15, 0.2) is 66.5 Å². The third kappa shape index (κ3) is 5.03. The first-order chi connectivity index (χ1) is 19.0. The van der Waals surface area contributed by atoms with Gasteiger partial charge in [0.1, 0.15) is 41.0 Å². The number of nitrogens with two attached hydrogens (primary N) is 1. The van der Waals surface area contributed by atoms with Crippen molar-refractivity contribution in [2.75, 3.05) is 12.3 Å². The summed E-state index contributed by atoms with van der Waals surface area (Å²) in [5.74, 6) is 1.72. The number of para-hydroxylation sites is 1. The summed E-state index contributed by atoms with van der Waals surface area (Å²) in [4.78, 5) is 23.7. The van der Waals surface area contributed by atoms with Gasteiger partial charge in [0, 0.05) is 18.2 Å². The van der Waals surface area contributed by atoms with Gasteiger partial charge in [0.05, 0.1) is 23.0 Å². The number of nitrogen functional groups attached to an aromatic ring is 1. The standard InChI is InChI=1S/C29H26ClN7O2/c30-24-14-22(39-21-6-2-1-3-7-21)10-11-23(24)26-25-27(32)33-17-34-28(25)37(35-26)16-20-5-4-12-36(20)29(38)19(15-31)13-18-8-9-18/h1-3,6-7,10-11,13-14,17-18,20H,4-5,8-9,12,16H2,(H2,32,33,34)/t20-/m0/s1. The van der Waals surface area contributed by atoms with Crippen molar-refractivity contribution in [1.82, 2.24) is 24.6 Å². The van der Waals surface area contributed by atoms with Gasteiger partial charge in [-0.1, -0.05) is 35.9 Å². The molecule has 10 heteroatoms. The van der Waals surface area contributed by atoms with E-state index in [4.69, 9.17) is 27.2 Å². The third-order valence-corrected chi connectivity index (χ3v) is 7.44. The van der Waals surface area contributed by atoms with E-state index in [1.54, 1.807) is 15.6 Å². The Morgan fingerprint density at radius 2 is 1.97 bits per heavy atom. The summed E-state index contributed by atoms with van der Waals surface area (Å²) >= 11 is 6.72. The van der Waals surface area contributed by atoms with Gasteiger partial charge in [-0.2, -0.15) is 10.4 Å². The maximum absolute atomic E-state index is 13.2. The second-order valence-electron chi connectivity index (χ2n) is 9.87. The normalized spacial score (nSPS) is 17.4. The number of hydrogen-bond acceptors (Lipinski definition) is 7. The minimum atomic E-state index is -0.213. The Kier molecular flexibility index (Phi) is 6.63. The molecule has 2 fully saturated rings. The minimum absolute atomic E-state index is 0.127. The highest BCUT2D eigenvalue weighted by molar-refractivity contribution is 6.33. The van der Waals surface area contributed by atoms with E-state index in [1.165, 1.54) is 6.33 Å². The number of allylic oxidation sites excluding steroid dienone is 1. The van der Waals surface area contributed by atoms with Crippen molar-refractivity contribution in [2.24, 2.45) is 5.92 Å². The van der Waals surface area contributed by atoms with Crippen molar-refractivity contribution in [2.45, 2.75) is 38.3 Å². The number of amides is 1. The van der Waals surface area contributed by atoms with Crippen LogP contribution in [0.4, 0.5) is 5.82 Å². The highest BCUT2D eigenvalue weighted by Crippen LogP contribution is 2.38. The number of halogens is 1. The zero-order valence-electron chi connectivity index (χ0n) is 21.1. The van der Waals surface area contributed by atoms with Crippen LogP contribution in [-0.4, -0.2) is 43.1 Å². The second-order valence-corrected chi connectivity index (χ2v) is 10.3. The lowest BCUT2D eigenvalue weighted by Crippen LogP contribution is -2.39. The second kappa shape index (κ2) is 10.4. The molecule has 1 atom stereocenters. The quantitative estimate of drug-likeness (QED) is 0.247. The molecule has 1 aliphatic carbocycles.